The average Bonchev–Trinajstić information content (AvgIpc) is 2.47. The van der Waals surface area contributed by atoms with Gasteiger partial charge in [-0.2, -0.15) is 0 Å². The van der Waals surface area contributed by atoms with Crippen molar-refractivity contribution in [1.82, 2.24) is 0 Å². The number of anilines is 1. The van der Waals surface area contributed by atoms with E-state index in [4.69, 9.17) is 15.0 Å². The molecule has 0 unspecified atom stereocenters. The number of rotatable bonds is 2. The first kappa shape index (κ1) is 13.2. The smallest absolute Gasteiger partial charge is 0.400 e. The van der Waals surface area contributed by atoms with Gasteiger partial charge in [0.2, 0.25) is 0 Å². The molecule has 1 heterocycles. The molecule has 0 spiro atoms. The van der Waals surface area contributed by atoms with Crippen molar-refractivity contribution in [2.24, 2.45) is 0 Å². The molecule has 1 saturated heterocycles. The summed E-state index contributed by atoms with van der Waals surface area (Å²) in [6, 6.07) is 7.70. The molecule has 1 aromatic carbocycles. The first-order valence-corrected chi connectivity index (χ1v) is 6.20. The maximum atomic E-state index is 5.88. The highest BCUT2D eigenvalue weighted by Crippen LogP contribution is 2.36. The third-order valence-electron chi connectivity index (χ3n) is 3.65. The van der Waals surface area contributed by atoms with Crippen LogP contribution in [-0.4, -0.2) is 18.3 Å². The Bertz CT molecular complexity index is 435. The predicted octanol–water partition coefficient (Wildman–Crippen LogP) is 2.91. The summed E-state index contributed by atoms with van der Waals surface area (Å²) < 4.78 is 11.8. The lowest BCUT2D eigenvalue weighted by atomic mass is 9.89. The van der Waals surface area contributed by atoms with Gasteiger partial charge in [-0.1, -0.05) is 24.2 Å². The highest BCUT2D eigenvalue weighted by Gasteiger charge is 2.49. The fraction of sp³-hybridized carbons (Fsp3) is 0.429. The van der Waals surface area contributed by atoms with Crippen molar-refractivity contribution < 1.29 is 9.31 Å². The van der Waals surface area contributed by atoms with Crippen molar-refractivity contribution in [3.05, 3.63) is 35.8 Å². The molecule has 96 valence electrons. The fourth-order valence-electron chi connectivity index (χ4n) is 1.76. The van der Waals surface area contributed by atoms with Gasteiger partial charge in [0, 0.05) is 5.69 Å². The summed E-state index contributed by atoms with van der Waals surface area (Å²) in [5.41, 5.74) is 6.91. The van der Waals surface area contributed by atoms with Gasteiger partial charge in [0.05, 0.1) is 11.2 Å². The maximum Gasteiger partial charge on any atom is 0.487 e. The summed E-state index contributed by atoms with van der Waals surface area (Å²) >= 11 is 0. The van der Waals surface area contributed by atoms with E-state index in [1.54, 1.807) is 0 Å². The Morgan fingerprint density at radius 1 is 1.00 bits per heavy atom. The second-order valence-electron chi connectivity index (χ2n) is 5.65. The van der Waals surface area contributed by atoms with Crippen molar-refractivity contribution in [3.63, 3.8) is 0 Å². The lowest BCUT2D eigenvalue weighted by Gasteiger charge is -2.32. The fourth-order valence-corrected chi connectivity index (χ4v) is 1.76. The van der Waals surface area contributed by atoms with Gasteiger partial charge in [-0.05, 0) is 45.4 Å². The molecule has 0 aliphatic carbocycles. The Hall–Kier alpha value is -1.26. The minimum atomic E-state index is -0.299. The number of nitrogens with two attached hydrogens (primary N) is 1. The van der Waals surface area contributed by atoms with Gasteiger partial charge >= 0.3 is 7.12 Å². The molecule has 18 heavy (non-hydrogen) atoms. The Kier molecular flexibility index (Phi) is 3.26. The summed E-state index contributed by atoms with van der Waals surface area (Å²) in [5, 5.41) is 0. The van der Waals surface area contributed by atoms with Gasteiger partial charge in [0.1, 0.15) is 0 Å². The van der Waals surface area contributed by atoms with Crippen molar-refractivity contribution in [2.45, 2.75) is 38.9 Å². The normalized spacial score (nSPS) is 21.7. The van der Waals surface area contributed by atoms with Crippen LogP contribution in [0.3, 0.4) is 0 Å². The molecule has 1 aliphatic rings. The zero-order valence-corrected chi connectivity index (χ0v) is 11.4. The molecule has 0 bridgehead atoms. The molecule has 2 N–H and O–H groups in total. The second-order valence-corrected chi connectivity index (χ2v) is 5.65. The summed E-state index contributed by atoms with van der Waals surface area (Å²) in [4.78, 5) is 0. The molecule has 1 aromatic rings. The Labute approximate surface area is 109 Å². The zero-order valence-electron chi connectivity index (χ0n) is 11.4. The second kappa shape index (κ2) is 4.45. The van der Waals surface area contributed by atoms with Crippen molar-refractivity contribution in [2.75, 3.05) is 5.73 Å². The van der Waals surface area contributed by atoms with E-state index in [2.05, 4.69) is 0 Å². The van der Waals surface area contributed by atoms with E-state index in [0.29, 0.717) is 0 Å². The van der Waals surface area contributed by atoms with E-state index in [-0.39, 0.29) is 18.3 Å². The molecule has 0 saturated carbocycles. The summed E-state index contributed by atoms with van der Waals surface area (Å²) in [5.74, 6) is 1.93. The molecule has 3 nitrogen and oxygen atoms in total. The first-order chi connectivity index (χ1) is 8.30. The maximum absolute atomic E-state index is 5.88. The van der Waals surface area contributed by atoms with E-state index in [9.17, 15) is 0 Å². The molecule has 4 heteroatoms. The molecule has 2 rings (SSSR count). The summed E-state index contributed by atoms with van der Waals surface area (Å²) in [6.07, 6.45) is 1.99. The van der Waals surface area contributed by atoms with E-state index in [1.807, 2.05) is 64.0 Å². The van der Waals surface area contributed by atoms with Crippen LogP contribution >= 0.6 is 0 Å². The highest BCUT2D eigenvalue weighted by atomic mass is 16.7. The van der Waals surface area contributed by atoms with Crippen LogP contribution in [0.25, 0.3) is 6.08 Å². The molecule has 0 amide bonds. The molecule has 0 atom stereocenters. The van der Waals surface area contributed by atoms with Crippen LogP contribution in [0.15, 0.2) is 30.2 Å². The number of nitrogen functional groups attached to an aromatic ring is 1. The van der Waals surface area contributed by atoms with Crippen LogP contribution in [0.1, 0.15) is 33.3 Å². The number of hydrogen-bond acceptors (Lipinski definition) is 3. The highest BCUT2D eigenvalue weighted by molar-refractivity contribution is 6.52. The summed E-state index contributed by atoms with van der Waals surface area (Å²) in [7, 11) is -0.299. The Morgan fingerprint density at radius 2 is 1.50 bits per heavy atom. The Balaban J connectivity index is 2.06. The zero-order chi connectivity index (χ0) is 13.4. The van der Waals surface area contributed by atoms with Crippen LogP contribution in [0.4, 0.5) is 5.69 Å². The molecular formula is C14H20BNO2. The van der Waals surface area contributed by atoms with E-state index < -0.39 is 0 Å². The third kappa shape index (κ3) is 2.60. The molecule has 1 aliphatic heterocycles. The molecule has 0 aromatic heterocycles. The minimum absolute atomic E-state index is 0.289. The van der Waals surface area contributed by atoms with Crippen molar-refractivity contribution in [3.8, 4) is 0 Å². The number of hydrogen-bond donors (Lipinski definition) is 1. The quantitative estimate of drug-likeness (QED) is 0.643. The predicted molar refractivity (Wildman–Crippen MR) is 76.0 cm³/mol. The SMILES string of the molecule is CC1(C)OB(C=Cc2ccc(N)cc2)OC1(C)C. The van der Waals surface area contributed by atoms with E-state index in [1.165, 1.54) is 0 Å². The number of benzene rings is 1. The summed E-state index contributed by atoms with van der Waals surface area (Å²) in [6.45, 7) is 8.18. The van der Waals surface area contributed by atoms with Crippen LogP contribution in [0.2, 0.25) is 0 Å². The average molecular weight is 245 g/mol. The monoisotopic (exact) mass is 245 g/mol. The lowest BCUT2D eigenvalue weighted by molar-refractivity contribution is 0.00578. The Morgan fingerprint density at radius 3 is 2.00 bits per heavy atom. The van der Waals surface area contributed by atoms with Gasteiger partial charge in [-0.3, -0.25) is 0 Å². The van der Waals surface area contributed by atoms with Crippen LogP contribution in [0, 0.1) is 0 Å². The van der Waals surface area contributed by atoms with Gasteiger partial charge in [0.15, 0.2) is 0 Å². The standard InChI is InChI=1S/C14H20BNO2/c1-13(2)14(3,4)18-15(17-13)10-9-11-5-7-12(16)8-6-11/h5-10H,16H2,1-4H3. The largest absolute Gasteiger partial charge is 0.487 e. The van der Waals surface area contributed by atoms with Gasteiger partial charge in [0.25, 0.3) is 0 Å². The van der Waals surface area contributed by atoms with E-state index >= 15 is 0 Å². The van der Waals surface area contributed by atoms with Crippen LogP contribution in [-0.2, 0) is 9.31 Å². The minimum Gasteiger partial charge on any atom is -0.400 e. The van der Waals surface area contributed by atoms with Gasteiger partial charge in [-0.15, -0.1) is 0 Å². The van der Waals surface area contributed by atoms with Crippen LogP contribution < -0.4 is 5.73 Å². The third-order valence-corrected chi connectivity index (χ3v) is 3.65. The van der Waals surface area contributed by atoms with E-state index in [0.717, 1.165) is 11.3 Å². The van der Waals surface area contributed by atoms with Gasteiger partial charge < -0.3 is 15.0 Å². The van der Waals surface area contributed by atoms with Crippen molar-refractivity contribution in [1.29, 1.82) is 0 Å². The molecule has 0 radical (unpaired) electrons. The van der Waals surface area contributed by atoms with Crippen molar-refractivity contribution >= 4 is 18.9 Å². The lowest BCUT2D eigenvalue weighted by Crippen LogP contribution is -2.41. The van der Waals surface area contributed by atoms with Gasteiger partial charge in [-0.25, -0.2) is 0 Å². The molecule has 1 fully saturated rings. The first-order valence-electron chi connectivity index (χ1n) is 6.20. The van der Waals surface area contributed by atoms with Crippen LogP contribution in [0.5, 0.6) is 0 Å². The molecular weight excluding hydrogens is 225 g/mol. The topological polar surface area (TPSA) is 44.5 Å².